The Morgan fingerprint density at radius 2 is 2.04 bits per heavy atom. The number of rotatable bonds is 5. The van der Waals surface area contributed by atoms with Crippen molar-refractivity contribution in [3.8, 4) is 11.4 Å². The zero-order valence-corrected chi connectivity index (χ0v) is 15.0. The van der Waals surface area contributed by atoms with E-state index >= 15 is 0 Å². The molecule has 0 fully saturated rings. The van der Waals surface area contributed by atoms with Crippen LogP contribution in [0.15, 0.2) is 61.1 Å². The number of halogens is 1. The highest BCUT2D eigenvalue weighted by atomic mass is 19.1. The van der Waals surface area contributed by atoms with Crippen molar-refractivity contribution < 1.29 is 4.39 Å². The number of nitrogens with zero attached hydrogens (tertiary/aromatic N) is 3. The van der Waals surface area contributed by atoms with Crippen molar-refractivity contribution >= 4 is 6.08 Å². The molecule has 27 heavy (non-hydrogen) atoms. The Kier molecular flexibility index (Phi) is 5.30. The van der Waals surface area contributed by atoms with Gasteiger partial charge in [-0.2, -0.15) is 0 Å². The van der Waals surface area contributed by atoms with E-state index in [1.54, 1.807) is 24.5 Å². The van der Waals surface area contributed by atoms with Crippen molar-refractivity contribution in [1.82, 2.24) is 20.3 Å². The molecular formula is C22H21FN4. The predicted octanol–water partition coefficient (Wildman–Crippen LogP) is 4.36. The minimum absolute atomic E-state index is 0.213. The third-order valence-electron chi connectivity index (χ3n) is 4.76. The Morgan fingerprint density at radius 3 is 2.85 bits per heavy atom. The number of nitrogens with one attached hydrogen (secondary N) is 1. The maximum Gasteiger partial charge on any atom is 0.160 e. The fraction of sp³-hybridized carbons (Fsp3) is 0.227. The SMILES string of the molecule is Fc1ccc(/C=C/CN[C@H]2CCCc3nc(-c4cccnc4)ncc32)cc1. The average molecular weight is 360 g/mol. The number of benzene rings is 1. The molecule has 0 unspecified atom stereocenters. The Morgan fingerprint density at radius 1 is 1.15 bits per heavy atom. The van der Waals surface area contributed by atoms with E-state index in [2.05, 4.69) is 21.4 Å². The number of hydrogen-bond acceptors (Lipinski definition) is 4. The van der Waals surface area contributed by atoms with Crippen molar-refractivity contribution in [3.63, 3.8) is 0 Å². The molecule has 1 atom stereocenters. The lowest BCUT2D eigenvalue weighted by Gasteiger charge is -2.25. The zero-order chi connectivity index (χ0) is 18.5. The van der Waals surface area contributed by atoms with Gasteiger partial charge in [-0.15, -0.1) is 0 Å². The highest BCUT2D eigenvalue weighted by molar-refractivity contribution is 5.53. The molecule has 1 aliphatic rings. The summed E-state index contributed by atoms with van der Waals surface area (Å²) in [6, 6.07) is 10.6. The Labute approximate surface area is 158 Å². The number of fused-ring (bicyclic) bond motifs is 1. The van der Waals surface area contributed by atoms with Gasteiger partial charge in [-0.1, -0.05) is 24.3 Å². The summed E-state index contributed by atoms with van der Waals surface area (Å²) in [6.07, 6.45) is 12.7. The summed E-state index contributed by atoms with van der Waals surface area (Å²) in [5, 5.41) is 3.57. The van der Waals surface area contributed by atoms with Crippen LogP contribution in [0.25, 0.3) is 17.5 Å². The first-order valence-corrected chi connectivity index (χ1v) is 9.21. The van der Waals surface area contributed by atoms with E-state index < -0.39 is 0 Å². The highest BCUT2D eigenvalue weighted by Crippen LogP contribution is 2.29. The van der Waals surface area contributed by atoms with E-state index in [-0.39, 0.29) is 11.9 Å². The quantitative estimate of drug-likeness (QED) is 0.735. The number of hydrogen-bond donors (Lipinski definition) is 1. The molecule has 5 heteroatoms. The molecule has 1 N–H and O–H groups in total. The molecule has 0 amide bonds. The van der Waals surface area contributed by atoms with Gasteiger partial charge in [-0.3, -0.25) is 4.98 Å². The third-order valence-corrected chi connectivity index (χ3v) is 4.76. The minimum Gasteiger partial charge on any atom is -0.306 e. The summed E-state index contributed by atoms with van der Waals surface area (Å²) < 4.78 is 12.9. The first-order chi connectivity index (χ1) is 13.3. The molecule has 4 rings (SSSR count). The molecular weight excluding hydrogens is 339 g/mol. The Balaban J connectivity index is 1.43. The maximum absolute atomic E-state index is 12.9. The fourth-order valence-electron chi connectivity index (χ4n) is 3.37. The average Bonchev–Trinajstić information content (AvgIpc) is 2.73. The van der Waals surface area contributed by atoms with Crippen LogP contribution in [-0.4, -0.2) is 21.5 Å². The molecule has 136 valence electrons. The lowest BCUT2D eigenvalue weighted by atomic mass is 9.92. The van der Waals surface area contributed by atoms with Gasteiger partial charge in [0.15, 0.2) is 5.82 Å². The number of pyridine rings is 1. The van der Waals surface area contributed by atoms with Crippen molar-refractivity contribution in [3.05, 3.63) is 83.7 Å². The first kappa shape index (κ1) is 17.5. The Bertz CT molecular complexity index is 923. The summed E-state index contributed by atoms with van der Waals surface area (Å²) >= 11 is 0. The molecule has 0 saturated heterocycles. The van der Waals surface area contributed by atoms with Gasteiger partial charge in [-0.05, 0) is 49.1 Å². The second kappa shape index (κ2) is 8.18. The largest absolute Gasteiger partial charge is 0.306 e. The van der Waals surface area contributed by atoms with Crippen LogP contribution in [0.1, 0.15) is 35.7 Å². The van der Waals surface area contributed by atoms with E-state index in [0.29, 0.717) is 0 Å². The lowest BCUT2D eigenvalue weighted by molar-refractivity contribution is 0.473. The normalized spacial score (nSPS) is 16.4. The van der Waals surface area contributed by atoms with Gasteiger partial charge in [0.2, 0.25) is 0 Å². The van der Waals surface area contributed by atoms with Crippen molar-refractivity contribution in [2.45, 2.75) is 25.3 Å². The van der Waals surface area contributed by atoms with Gasteiger partial charge in [0.1, 0.15) is 5.82 Å². The van der Waals surface area contributed by atoms with Crippen LogP contribution < -0.4 is 5.32 Å². The van der Waals surface area contributed by atoms with Gasteiger partial charge < -0.3 is 5.32 Å². The monoisotopic (exact) mass is 360 g/mol. The molecule has 2 aromatic heterocycles. The van der Waals surface area contributed by atoms with Gasteiger partial charge >= 0.3 is 0 Å². The summed E-state index contributed by atoms with van der Waals surface area (Å²) in [7, 11) is 0. The second-order valence-corrected chi connectivity index (χ2v) is 6.64. The molecule has 0 aliphatic heterocycles. The van der Waals surface area contributed by atoms with Crippen LogP contribution >= 0.6 is 0 Å². The van der Waals surface area contributed by atoms with Crippen LogP contribution in [-0.2, 0) is 6.42 Å². The van der Waals surface area contributed by atoms with Crippen LogP contribution in [0, 0.1) is 5.82 Å². The molecule has 3 aromatic rings. The van der Waals surface area contributed by atoms with E-state index in [4.69, 9.17) is 4.98 Å². The molecule has 1 aromatic carbocycles. The van der Waals surface area contributed by atoms with E-state index in [9.17, 15) is 4.39 Å². The third kappa shape index (κ3) is 4.26. The van der Waals surface area contributed by atoms with Crippen LogP contribution in [0.3, 0.4) is 0 Å². The lowest BCUT2D eigenvalue weighted by Crippen LogP contribution is -2.26. The van der Waals surface area contributed by atoms with Crippen LogP contribution in [0.2, 0.25) is 0 Å². The smallest absolute Gasteiger partial charge is 0.160 e. The molecule has 0 radical (unpaired) electrons. The van der Waals surface area contributed by atoms with Crippen molar-refractivity contribution in [2.75, 3.05) is 6.54 Å². The Hall–Kier alpha value is -2.92. The topological polar surface area (TPSA) is 50.7 Å². The number of aromatic nitrogens is 3. The van der Waals surface area contributed by atoms with E-state index in [1.807, 2.05) is 24.4 Å². The number of aryl methyl sites for hydroxylation is 1. The van der Waals surface area contributed by atoms with E-state index in [1.165, 1.54) is 17.7 Å². The maximum atomic E-state index is 12.9. The molecule has 2 heterocycles. The minimum atomic E-state index is -0.213. The second-order valence-electron chi connectivity index (χ2n) is 6.64. The fourth-order valence-corrected chi connectivity index (χ4v) is 3.37. The summed E-state index contributed by atoms with van der Waals surface area (Å²) in [5.41, 5.74) is 4.24. The summed E-state index contributed by atoms with van der Waals surface area (Å²) in [5.74, 6) is 0.522. The zero-order valence-electron chi connectivity index (χ0n) is 15.0. The van der Waals surface area contributed by atoms with Gasteiger partial charge in [0.05, 0.1) is 0 Å². The first-order valence-electron chi connectivity index (χ1n) is 9.21. The molecule has 1 aliphatic carbocycles. The predicted molar refractivity (Wildman–Crippen MR) is 104 cm³/mol. The van der Waals surface area contributed by atoms with Crippen molar-refractivity contribution in [1.29, 1.82) is 0 Å². The standard InChI is InChI=1S/C22H21FN4/c23-18-10-8-16(9-11-18)4-2-13-25-20-6-1-7-21-19(20)15-26-22(27-21)17-5-3-12-24-14-17/h2-5,8-12,14-15,20,25H,1,6-7,13H2/b4-2+/t20-/m0/s1. The highest BCUT2D eigenvalue weighted by Gasteiger charge is 2.21. The van der Waals surface area contributed by atoms with Gasteiger partial charge in [0, 0.05) is 48.0 Å². The molecule has 0 spiro atoms. The summed E-state index contributed by atoms with van der Waals surface area (Å²) in [6.45, 7) is 0.742. The molecule has 4 nitrogen and oxygen atoms in total. The van der Waals surface area contributed by atoms with Crippen molar-refractivity contribution in [2.24, 2.45) is 0 Å². The van der Waals surface area contributed by atoms with E-state index in [0.717, 1.165) is 48.5 Å². The summed E-state index contributed by atoms with van der Waals surface area (Å²) in [4.78, 5) is 13.5. The van der Waals surface area contributed by atoms with Gasteiger partial charge in [-0.25, -0.2) is 14.4 Å². The molecule has 0 bridgehead atoms. The molecule has 0 saturated carbocycles. The van der Waals surface area contributed by atoms with Gasteiger partial charge in [0.25, 0.3) is 0 Å². The van der Waals surface area contributed by atoms with Crippen LogP contribution in [0.5, 0.6) is 0 Å². The van der Waals surface area contributed by atoms with Crippen LogP contribution in [0.4, 0.5) is 4.39 Å².